The van der Waals surface area contributed by atoms with E-state index in [1.807, 2.05) is 77.7 Å². The van der Waals surface area contributed by atoms with Crippen LogP contribution in [0.4, 0.5) is 11.4 Å². The molecule has 0 unspecified atom stereocenters. The van der Waals surface area contributed by atoms with E-state index in [0.29, 0.717) is 24.0 Å². The van der Waals surface area contributed by atoms with Crippen LogP contribution in [0.3, 0.4) is 0 Å². The van der Waals surface area contributed by atoms with Crippen molar-refractivity contribution in [2.75, 3.05) is 37.6 Å². The maximum Gasteiger partial charge on any atom is 0.307 e. The molecule has 33 heavy (non-hydrogen) atoms. The number of nitrogens with zero attached hydrogens (tertiary/aromatic N) is 1. The van der Waals surface area contributed by atoms with E-state index in [1.54, 1.807) is 21.1 Å². The molecule has 3 rings (SSSR count). The molecule has 0 aliphatic heterocycles. The summed E-state index contributed by atoms with van der Waals surface area (Å²) in [6.07, 6.45) is 0.197. The highest BCUT2D eigenvalue weighted by atomic mass is 32.1. The van der Waals surface area contributed by atoms with Gasteiger partial charge in [-0.2, -0.15) is 0 Å². The number of methoxy groups -OCH3 is 2. The van der Waals surface area contributed by atoms with Crippen LogP contribution in [0, 0.1) is 0 Å². The van der Waals surface area contributed by atoms with E-state index < -0.39 is 0 Å². The fourth-order valence-electron chi connectivity index (χ4n) is 3.34. The summed E-state index contributed by atoms with van der Waals surface area (Å²) in [6.45, 7) is 2.49. The summed E-state index contributed by atoms with van der Waals surface area (Å²) < 4.78 is 15.9. The van der Waals surface area contributed by atoms with Crippen LogP contribution in [-0.2, 0) is 9.53 Å². The summed E-state index contributed by atoms with van der Waals surface area (Å²) in [4.78, 5) is 13.9. The van der Waals surface area contributed by atoms with Crippen LogP contribution in [0.25, 0.3) is 11.1 Å². The normalized spacial score (nSPS) is 10.3. The van der Waals surface area contributed by atoms with Gasteiger partial charge in [-0.05, 0) is 66.7 Å². The maximum absolute atomic E-state index is 12.0. The second-order valence-corrected chi connectivity index (χ2v) is 7.50. The Morgan fingerprint density at radius 3 is 2.30 bits per heavy atom. The summed E-state index contributed by atoms with van der Waals surface area (Å²) >= 11 is 5.76. The first-order valence-corrected chi connectivity index (χ1v) is 11.1. The van der Waals surface area contributed by atoms with Crippen molar-refractivity contribution in [2.24, 2.45) is 0 Å². The molecule has 0 saturated heterocycles. The molecule has 0 aliphatic rings. The Balaban J connectivity index is 1.88. The van der Waals surface area contributed by atoms with Crippen molar-refractivity contribution in [1.82, 2.24) is 0 Å². The number of benzene rings is 3. The third kappa shape index (κ3) is 6.46. The van der Waals surface area contributed by atoms with Gasteiger partial charge in [0.2, 0.25) is 0 Å². The van der Waals surface area contributed by atoms with Crippen molar-refractivity contribution in [3.05, 3.63) is 72.8 Å². The first kappa shape index (κ1) is 24.1. The van der Waals surface area contributed by atoms with Crippen LogP contribution >= 0.6 is 12.2 Å². The van der Waals surface area contributed by atoms with Crippen LogP contribution in [0.15, 0.2) is 72.8 Å². The Kier molecular flexibility index (Phi) is 8.66. The van der Waals surface area contributed by atoms with Gasteiger partial charge in [-0.3, -0.25) is 4.79 Å². The molecule has 0 radical (unpaired) electrons. The first-order valence-electron chi connectivity index (χ1n) is 10.7. The van der Waals surface area contributed by atoms with Crippen LogP contribution in [0.1, 0.15) is 13.3 Å². The number of esters is 1. The number of rotatable bonds is 9. The maximum atomic E-state index is 12.0. The zero-order chi connectivity index (χ0) is 23.6. The van der Waals surface area contributed by atoms with Crippen molar-refractivity contribution in [2.45, 2.75) is 13.3 Å². The minimum atomic E-state index is -0.275. The minimum Gasteiger partial charge on any atom is -0.497 e. The molecule has 0 amide bonds. The molecule has 0 saturated carbocycles. The van der Waals surface area contributed by atoms with Crippen LogP contribution in [-0.4, -0.2) is 38.5 Å². The highest BCUT2D eigenvalue weighted by molar-refractivity contribution is 7.80. The summed E-state index contributed by atoms with van der Waals surface area (Å²) in [7, 11) is 3.24. The van der Waals surface area contributed by atoms with Crippen LogP contribution in [0.5, 0.6) is 11.5 Å². The summed E-state index contributed by atoms with van der Waals surface area (Å²) in [6, 6.07) is 23.5. The van der Waals surface area contributed by atoms with Crippen molar-refractivity contribution >= 4 is 34.7 Å². The van der Waals surface area contributed by atoms with Crippen molar-refractivity contribution in [1.29, 1.82) is 0 Å². The lowest BCUT2D eigenvalue weighted by Gasteiger charge is -2.26. The topological polar surface area (TPSA) is 60.0 Å². The number of hydrogen-bond acceptors (Lipinski definition) is 5. The number of carbonyl (C=O) groups excluding carboxylic acids is 1. The van der Waals surface area contributed by atoms with Gasteiger partial charge in [0, 0.05) is 12.2 Å². The molecule has 172 valence electrons. The smallest absolute Gasteiger partial charge is 0.307 e. The van der Waals surface area contributed by atoms with Crippen molar-refractivity contribution < 1.29 is 19.0 Å². The zero-order valence-electron chi connectivity index (χ0n) is 19.0. The van der Waals surface area contributed by atoms with E-state index in [-0.39, 0.29) is 12.4 Å². The molecule has 0 aliphatic carbocycles. The average Bonchev–Trinajstić information content (AvgIpc) is 2.85. The fourth-order valence-corrected chi connectivity index (χ4v) is 3.65. The van der Waals surface area contributed by atoms with Gasteiger partial charge in [0.15, 0.2) is 5.11 Å². The number of thiocarbonyl (C=S) groups is 1. The van der Waals surface area contributed by atoms with Gasteiger partial charge in [0.25, 0.3) is 0 Å². The Labute approximate surface area is 200 Å². The molecule has 0 atom stereocenters. The molecule has 3 aromatic carbocycles. The number of ether oxygens (including phenoxy) is 3. The molecule has 0 aromatic heterocycles. The number of carbonyl (C=O) groups is 1. The van der Waals surface area contributed by atoms with Crippen LogP contribution in [0.2, 0.25) is 0 Å². The standard InChI is InChI=1S/C26H28N2O4S/c1-4-32-25(29)16-17-28(21-11-13-22(30-2)14-12-21)26(33)27-23-18-20(10-15-24(23)31-3)19-8-6-5-7-9-19/h5-15,18H,4,16-17H2,1-3H3,(H,27,33). The Bertz CT molecular complexity index is 1070. The van der Waals surface area contributed by atoms with Gasteiger partial charge in [0.05, 0.1) is 32.9 Å². The fraction of sp³-hybridized carbons (Fsp3) is 0.231. The second-order valence-electron chi connectivity index (χ2n) is 7.12. The predicted molar refractivity (Wildman–Crippen MR) is 136 cm³/mol. The third-order valence-electron chi connectivity index (χ3n) is 5.02. The molecule has 0 fully saturated rings. The first-order chi connectivity index (χ1) is 16.0. The molecular formula is C26H28N2O4S. The largest absolute Gasteiger partial charge is 0.497 e. The molecule has 0 heterocycles. The van der Waals surface area contributed by atoms with Gasteiger partial charge in [0.1, 0.15) is 11.5 Å². The lowest BCUT2D eigenvalue weighted by Crippen LogP contribution is -2.36. The van der Waals surface area contributed by atoms with E-state index in [2.05, 4.69) is 5.32 Å². The molecule has 7 heteroatoms. The zero-order valence-corrected chi connectivity index (χ0v) is 19.9. The van der Waals surface area contributed by atoms with Crippen LogP contribution < -0.4 is 19.7 Å². The van der Waals surface area contributed by atoms with Gasteiger partial charge in [-0.25, -0.2) is 0 Å². The van der Waals surface area contributed by atoms with Gasteiger partial charge < -0.3 is 24.4 Å². The molecule has 6 nitrogen and oxygen atoms in total. The average molecular weight is 465 g/mol. The summed E-state index contributed by atoms with van der Waals surface area (Å²) in [5.74, 6) is 1.12. The third-order valence-corrected chi connectivity index (χ3v) is 5.34. The van der Waals surface area contributed by atoms with E-state index in [9.17, 15) is 4.79 Å². The summed E-state index contributed by atoms with van der Waals surface area (Å²) in [5, 5.41) is 3.74. The Hall–Kier alpha value is -3.58. The number of nitrogens with one attached hydrogen (secondary N) is 1. The van der Waals surface area contributed by atoms with Gasteiger partial charge in [-0.15, -0.1) is 0 Å². The lowest BCUT2D eigenvalue weighted by atomic mass is 10.0. The monoisotopic (exact) mass is 464 g/mol. The Morgan fingerprint density at radius 2 is 1.67 bits per heavy atom. The number of anilines is 2. The number of hydrogen-bond donors (Lipinski definition) is 1. The van der Waals surface area contributed by atoms with Gasteiger partial charge in [-0.1, -0.05) is 36.4 Å². The van der Waals surface area contributed by atoms with E-state index in [1.165, 1.54) is 0 Å². The highest BCUT2D eigenvalue weighted by Gasteiger charge is 2.17. The molecule has 1 N–H and O–H groups in total. The minimum absolute atomic E-state index is 0.197. The molecule has 0 bridgehead atoms. The molecule has 0 spiro atoms. The summed E-state index contributed by atoms with van der Waals surface area (Å²) in [5.41, 5.74) is 3.68. The molecular weight excluding hydrogens is 436 g/mol. The second kappa shape index (κ2) is 11.9. The van der Waals surface area contributed by atoms with E-state index in [4.69, 9.17) is 26.4 Å². The molecule has 3 aromatic rings. The SMILES string of the molecule is CCOC(=O)CCN(C(=S)Nc1cc(-c2ccccc2)ccc1OC)c1ccc(OC)cc1. The quantitative estimate of drug-likeness (QED) is 0.330. The van der Waals surface area contributed by atoms with Crippen molar-refractivity contribution in [3.63, 3.8) is 0 Å². The van der Waals surface area contributed by atoms with E-state index >= 15 is 0 Å². The Morgan fingerprint density at radius 1 is 0.939 bits per heavy atom. The predicted octanol–water partition coefficient (Wildman–Crippen LogP) is 5.53. The lowest BCUT2D eigenvalue weighted by molar-refractivity contribution is -0.142. The van der Waals surface area contributed by atoms with E-state index in [0.717, 1.165) is 28.3 Å². The van der Waals surface area contributed by atoms with Crippen molar-refractivity contribution in [3.8, 4) is 22.6 Å². The highest BCUT2D eigenvalue weighted by Crippen LogP contribution is 2.31. The van der Waals surface area contributed by atoms with Gasteiger partial charge >= 0.3 is 5.97 Å².